The van der Waals surface area contributed by atoms with Crippen molar-refractivity contribution in [2.45, 2.75) is 31.9 Å². The van der Waals surface area contributed by atoms with E-state index in [1.54, 1.807) is 17.0 Å². The zero-order chi connectivity index (χ0) is 32.7. The smallest absolute Gasteiger partial charge is 0.398 e. The van der Waals surface area contributed by atoms with Gasteiger partial charge in [-0.2, -0.15) is 18.4 Å². The maximum Gasteiger partial charge on any atom is 2.00 e. The number of rotatable bonds is 7. The molecule has 1 aliphatic heterocycles. The standard InChI is InChI=1S/C30H29F3N6O3.CHNS.U/c1-2-19(29(40)35-21-8-9-25-23(18-21)28(34)22-5-3-4-6-24(22)36-25)11-12-37-13-15-38(16-14-37)26-10-7-20(30(31,32)33)17-27(26)39(41)42;2-1-3;/h1-2,7-10,17-18H,3-6,12-16H2,(H2,34,36)(H,35,40);3H;/q-2;;+2. The largest absolute Gasteiger partial charge is 2.00 e. The number of hydrogen-bond acceptors (Lipinski definition) is 9. The fourth-order valence-electron chi connectivity index (χ4n) is 5.41. The number of aryl methyl sites for hydroxylation is 1. The number of carbonyl (C=O) groups is 1. The Hall–Kier alpha value is -3.56. The first-order valence-electron chi connectivity index (χ1n) is 14.0. The normalized spacial score (nSPS) is 15.0. The summed E-state index contributed by atoms with van der Waals surface area (Å²) >= 11 is 3.09. The van der Waals surface area contributed by atoms with Crippen LogP contribution in [-0.2, 0) is 23.8 Å². The molecule has 2 aliphatic rings. The molecule has 1 saturated heterocycles. The Morgan fingerprint density at radius 2 is 1.87 bits per heavy atom. The van der Waals surface area contributed by atoms with Crippen LogP contribution in [-0.4, -0.2) is 53.4 Å². The van der Waals surface area contributed by atoms with Gasteiger partial charge >= 0.3 is 37.3 Å². The van der Waals surface area contributed by atoms with E-state index in [-0.39, 0.29) is 48.9 Å². The molecule has 1 aromatic heterocycles. The van der Waals surface area contributed by atoms with Gasteiger partial charge in [-0.05, 0) is 68.1 Å². The third kappa shape index (κ3) is 8.82. The number of amides is 1. The predicted octanol–water partition coefficient (Wildman–Crippen LogP) is 5.50. The minimum atomic E-state index is -4.67. The quantitative estimate of drug-likeness (QED) is 0.0538. The van der Waals surface area contributed by atoms with Crippen LogP contribution in [0, 0.1) is 64.5 Å². The van der Waals surface area contributed by atoms with Gasteiger partial charge in [0.1, 0.15) is 11.1 Å². The van der Waals surface area contributed by atoms with Gasteiger partial charge in [-0.3, -0.25) is 26.7 Å². The number of thiocyanates is 1. The number of benzene rings is 2. The van der Waals surface area contributed by atoms with E-state index >= 15 is 0 Å². The Kier molecular flexibility index (Phi) is 13.1. The topological polar surface area (TPSA) is 141 Å². The summed E-state index contributed by atoms with van der Waals surface area (Å²) in [5.74, 6) is -0.444. The number of nitro groups is 1. The van der Waals surface area contributed by atoms with Crippen LogP contribution in [0.2, 0.25) is 0 Å². The summed E-state index contributed by atoms with van der Waals surface area (Å²) < 4.78 is 39.1. The van der Waals surface area contributed by atoms with Crippen molar-refractivity contribution in [1.29, 1.82) is 5.26 Å². The molecule has 3 aromatic rings. The first-order valence-corrected chi connectivity index (χ1v) is 14.5. The van der Waals surface area contributed by atoms with Gasteiger partial charge < -0.3 is 38.3 Å². The van der Waals surface area contributed by atoms with Crippen molar-refractivity contribution in [3.63, 3.8) is 0 Å². The number of nitrogens with zero attached hydrogens (tertiary/aromatic N) is 5. The molecule has 3 N–H and O–H groups in total. The van der Waals surface area contributed by atoms with E-state index in [2.05, 4.69) is 24.0 Å². The first-order chi connectivity index (χ1) is 21.5. The van der Waals surface area contributed by atoms with E-state index in [1.165, 1.54) is 11.5 Å². The number of nitrogens with two attached hydrogens (primary N) is 1. The molecule has 15 heteroatoms. The Bertz CT molecular complexity index is 1690. The average Bonchev–Trinajstić information content (AvgIpc) is 3.02. The van der Waals surface area contributed by atoms with Crippen LogP contribution < -0.4 is 16.0 Å². The summed E-state index contributed by atoms with van der Waals surface area (Å²) in [6, 6.07) is 7.94. The minimum Gasteiger partial charge on any atom is -0.398 e. The number of nitrogens with one attached hydrogen (secondary N) is 1. The zero-order valence-corrected chi connectivity index (χ0v) is 29.7. The van der Waals surface area contributed by atoms with Gasteiger partial charge in [0.15, 0.2) is 0 Å². The van der Waals surface area contributed by atoms with Crippen molar-refractivity contribution < 1.29 is 54.0 Å². The van der Waals surface area contributed by atoms with Crippen LogP contribution in [0.1, 0.15) is 29.7 Å². The second kappa shape index (κ2) is 16.3. The van der Waals surface area contributed by atoms with Gasteiger partial charge in [-0.1, -0.05) is 12.6 Å². The number of thiol groups is 1. The molecule has 2 heterocycles. The molecular formula is C31H30F3N7O3SU. The van der Waals surface area contributed by atoms with Gasteiger partial charge in [-0.25, -0.2) is 0 Å². The van der Waals surface area contributed by atoms with E-state index < -0.39 is 28.3 Å². The number of halogens is 3. The molecule has 2 aromatic carbocycles. The van der Waals surface area contributed by atoms with Crippen LogP contribution >= 0.6 is 12.6 Å². The van der Waals surface area contributed by atoms with E-state index in [4.69, 9.17) is 22.6 Å². The van der Waals surface area contributed by atoms with Gasteiger partial charge in [-0.15, -0.1) is 0 Å². The fraction of sp³-hybridized carbons (Fsp3) is 0.323. The summed E-state index contributed by atoms with van der Waals surface area (Å²) in [7, 11) is 0. The second-order valence-corrected chi connectivity index (χ2v) is 10.6. The molecule has 0 saturated carbocycles. The summed E-state index contributed by atoms with van der Waals surface area (Å²) in [6.45, 7) is 7.59. The molecule has 0 radical (unpaired) electrons. The predicted molar refractivity (Wildman–Crippen MR) is 168 cm³/mol. The monoisotopic (exact) mass is 875 g/mol. The maximum absolute atomic E-state index is 13.0. The number of fused-ring (bicyclic) bond motifs is 2. The molecule has 1 aliphatic carbocycles. The molecule has 5 rings (SSSR count). The zero-order valence-electron chi connectivity index (χ0n) is 24.6. The summed E-state index contributed by atoms with van der Waals surface area (Å²) in [5.41, 5.74) is 9.22. The van der Waals surface area contributed by atoms with Gasteiger partial charge in [0.25, 0.3) is 5.69 Å². The van der Waals surface area contributed by atoms with Crippen LogP contribution in [0.15, 0.2) is 48.0 Å². The number of anilines is 3. The number of alkyl halides is 3. The summed E-state index contributed by atoms with van der Waals surface area (Å²) in [4.78, 5) is 32.0. The molecule has 46 heavy (non-hydrogen) atoms. The number of hydrogen-bond donors (Lipinski definition) is 3. The number of carbonyl (C=O) groups excluding carboxylic acids is 1. The van der Waals surface area contributed by atoms with Gasteiger partial charge in [0.2, 0.25) is 0 Å². The molecule has 1 amide bonds. The number of nitrogen functional groups attached to an aromatic ring is 1. The first kappa shape index (κ1) is 36.9. The number of nitriles is 1. The minimum absolute atomic E-state index is 0. The third-order valence-electron chi connectivity index (χ3n) is 7.68. The molecular weight excluding hydrogens is 845 g/mol. The Morgan fingerprint density at radius 1 is 1.20 bits per heavy atom. The molecule has 1 fully saturated rings. The van der Waals surface area contributed by atoms with E-state index in [0.717, 1.165) is 60.0 Å². The van der Waals surface area contributed by atoms with Crippen molar-refractivity contribution in [3.05, 3.63) is 87.6 Å². The van der Waals surface area contributed by atoms with Crippen LogP contribution in [0.3, 0.4) is 0 Å². The molecule has 238 valence electrons. The molecule has 0 spiro atoms. The Morgan fingerprint density at radius 3 is 2.50 bits per heavy atom. The van der Waals surface area contributed by atoms with Crippen molar-refractivity contribution in [2.24, 2.45) is 0 Å². The van der Waals surface area contributed by atoms with E-state index in [1.807, 2.05) is 11.0 Å². The molecule has 0 bridgehead atoms. The Balaban J connectivity index is 0.00000139. The van der Waals surface area contributed by atoms with Crippen molar-refractivity contribution in [3.8, 4) is 5.40 Å². The SMILES string of the molecule is N#CS.[CH-]=CC(=[C-]CN1CCN(c2ccc(C(F)(F)F)cc2[N+](=O)[O-])CC1)C(=O)Nc1ccc2nc3c(c(N)c2c1)CCCC3.[U+2]. The molecule has 0 atom stereocenters. The average molecular weight is 876 g/mol. The molecule has 10 nitrogen and oxygen atoms in total. The van der Waals surface area contributed by atoms with Crippen molar-refractivity contribution in [2.75, 3.05) is 48.7 Å². The fourth-order valence-corrected chi connectivity index (χ4v) is 5.41. The van der Waals surface area contributed by atoms with E-state index in [9.17, 15) is 28.1 Å². The summed E-state index contributed by atoms with van der Waals surface area (Å²) in [6.07, 6.45) is 3.48. The van der Waals surface area contributed by atoms with E-state index in [0.29, 0.717) is 43.6 Å². The van der Waals surface area contributed by atoms with Crippen LogP contribution in [0.4, 0.5) is 35.9 Å². The summed E-state index contributed by atoms with van der Waals surface area (Å²) in [5, 5.41) is 23.7. The number of nitro benzene ring substituents is 1. The third-order valence-corrected chi connectivity index (χ3v) is 7.68. The second-order valence-electron chi connectivity index (χ2n) is 10.4. The van der Waals surface area contributed by atoms with Gasteiger partial charge in [0, 0.05) is 54.7 Å². The van der Waals surface area contributed by atoms with Crippen LogP contribution in [0.25, 0.3) is 10.9 Å². The molecule has 0 unspecified atom stereocenters. The van der Waals surface area contributed by atoms with Gasteiger partial charge in [0.05, 0.1) is 21.9 Å². The van der Waals surface area contributed by atoms with Crippen molar-refractivity contribution >= 4 is 52.2 Å². The Labute approximate surface area is 293 Å². The number of pyridine rings is 1. The number of aromatic nitrogens is 1. The maximum atomic E-state index is 13.0. The van der Waals surface area contributed by atoms with Crippen molar-refractivity contribution in [1.82, 2.24) is 9.88 Å². The number of piperazine rings is 1. The van der Waals surface area contributed by atoms with Crippen LogP contribution in [0.5, 0.6) is 0 Å².